The third kappa shape index (κ3) is 3.87. The number of carbonyl (C=O) groups is 1. The minimum absolute atomic E-state index is 0.0572. The van der Waals surface area contributed by atoms with Gasteiger partial charge in [-0.25, -0.2) is 9.37 Å². The number of hydrogen-bond donors (Lipinski definition) is 0. The smallest absolute Gasteiger partial charge is 0.212 e. The largest absolute Gasteiger partial charge is 0.481 e. The van der Waals surface area contributed by atoms with Crippen LogP contribution < -0.4 is 4.74 Å². The molecule has 0 aliphatic heterocycles. The monoisotopic (exact) mass is 337 g/mol. The number of pyridine rings is 1. The van der Waals surface area contributed by atoms with Gasteiger partial charge in [-0.2, -0.15) is 0 Å². The number of aromatic nitrogens is 1. The molecule has 5 heteroatoms. The van der Waals surface area contributed by atoms with Crippen molar-refractivity contribution in [2.75, 3.05) is 7.11 Å². The molecule has 1 aromatic heterocycles. The molecule has 0 aliphatic carbocycles. The summed E-state index contributed by atoms with van der Waals surface area (Å²) in [4.78, 5) is 16.0. The fraction of sp³-hybridized carbons (Fsp3) is 0.200. The van der Waals surface area contributed by atoms with Crippen LogP contribution in [0.4, 0.5) is 4.39 Å². The summed E-state index contributed by atoms with van der Waals surface area (Å²) < 4.78 is 19.2. The molecule has 0 atom stereocenters. The summed E-state index contributed by atoms with van der Waals surface area (Å²) >= 11 is 3.18. The van der Waals surface area contributed by atoms with Gasteiger partial charge in [0.05, 0.1) is 7.11 Å². The molecular weight excluding hydrogens is 325 g/mol. The molecule has 0 radical (unpaired) electrons. The van der Waals surface area contributed by atoms with Gasteiger partial charge < -0.3 is 4.74 Å². The lowest BCUT2D eigenvalue weighted by atomic mass is 10.0. The molecule has 0 spiro atoms. The van der Waals surface area contributed by atoms with E-state index in [1.807, 2.05) is 0 Å². The molecule has 0 bridgehead atoms. The van der Waals surface area contributed by atoms with Gasteiger partial charge >= 0.3 is 0 Å². The molecule has 1 heterocycles. The summed E-state index contributed by atoms with van der Waals surface area (Å²) in [5.41, 5.74) is 1.19. The predicted molar refractivity (Wildman–Crippen MR) is 77.3 cm³/mol. The highest BCUT2D eigenvalue weighted by atomic mass is 79.9. The fourth-order valence-electron chi connectivity index (χ4n) is 1.80. The number of ketones is 1. The van der Waals surface area contributed by atoms with Gasteiger partial charge in [-0.1, -0.05) is 28.1 Å². The molecule has 0 unspecified atom stereocenters. The van der Waals surface area contributed by atoms with Gasteiger partial charge in [0.15, 0.2) is 0 Å². The zero-order chi connectivity index (χ0) is 14.5. The predicted octanol–water partition coefficient (Wildman–Crippen LogP) is 3.35. The second kappa shape index (κ2) is 6.61. The number of rotatable bonds is 5. The number of hydrogen-bond acceptors (Lipinski definition) is 3. The Labute approximate surface area is 124 Å². The van der Waals surface area contributed by atoms with E-state index in [9.17, 15) is 9.18 Å². The van der Waals surface area contributed by atoms with Crippen LogP contribution in [0.25, 0.3) is 0 Å². The molecule has 0 saturated carbocycles. The molecule has 0 N–H and O–H groups in total. The minimum Gasteiger partial charge on any atom is -0.481 e. The van der Waals surface area contributed by atoms with Gasteiger partial charge in [-0.05, 0) is 23.3 Å². The molecule has 0 fully saturated rings. The molecule has 20 heavy (non-hydrogen) atoms. The quantitative estimate of drug-likeness (QED) is 0.839. The summed E-state index contributed by atoms with van der Waals surface area (Å²) in [5.74, 6) is 0.0684. The number of nitrogens with zero attached hydrogens (tertiary/aromatic N) is 1. The van der Waals surface area contributed by atoms with E-state index >= 15 is 0 Å². The Kier molecular flexibility index (Phi) is 4.84. The highest BCUT2D eigenvalue weighted by Crippen LogP contribution is 2.16. The van der Waals surface area contributed by atoms with E-state index in [0.29, 0.717) is 15.9 Å². The van der Waals surface area contributed by atoms with Gasteiger partial charge in [0.1, 0.15) is 11.6 Å². The van der Waals surface area contributed by atoms with Crippen molar-refractivity contribution in [3.8, 4) is 5.88 Å². The Hall–Kier alpha value is -1.75. The van der Waals surface area contributed by atoms with Crippen LogP contribution in [0, 0.1) is 5.82 Å². The molecule has 1 aromatic carbocycles. The molecule has 2 aromatic rings. The van der Waals surface area contributed by atoms with E-state index in [0.717, 1.165) is 5.56 Å². The van der Waals surface area contributed by atoms with Gasteiger partial charge in [-0.3, -0.25) is 4.79 Å². The molecule has 2 rings (SSSR count). The minimum atomic E-state index is -0.374. The Morgan fingerprint density at radius 1 is 1.30 bits per heavy atom. The van der Waals surface area contributed by atoms with Crippen molar-refractivity contribution in [1.82, 2.24) is 4.98 Å². The van der Waals surface area contributed by atoms with Crippen LogP contribution in [-0.4, -0.2) is 17.9 Å². The van der Waals surface area contributed by atoms with E-state index in [-0.39, 0.29) is 24.4 Å². The van der Waals surface area contributed by atoms with Crippen molar-refractivity contribution >= 4 is 21.7 Å². The van der Waals surface area contributed by atoms with Crippen LogP contribution in [0.2, 0.25) is 0 Å². The van der Waals surface area contributed by atoms with Crippen LogP contribution in [-0.2, 0) is 17.6 Å². The van der Waals surface area contributed by atoms with Gasteiger partial charge in [-0.15, -0.1) is 0 Å². The Morgan fingerprint density at radius 3 is 2.70 bits per heavy atom. The maximum Gasteiger partial charge on any atom is 0.212 e. The van der Waals surface area contributed by atoms with Gasteiger partial charge in [0.2, 0.25) is 5.88 Å². The molecule has 104 valence electrons. The topological polar surface area (TPSA) is 39.2 Å². The van der Waals surface area contributed by atoms with Crippen LogP contribution in [0.5, 0.6) is 5.88 Å². The second-order valence-corrected chi connectivity index (χ2v) is 5.25. The number of benzene rings is 1. The number of halogens is 2. The molecule has 3 nitrogen and oxygen atoms in total. The average Bonchev–Trinajstić information content (AvgIpc) is 2.43. The second-order valence-electron chi connectivity index (χ2n) is 4.34. The molecule has 0 saturated heterocycles. The first-order valence-corrected chi connectivity index (χ1v) is 6.82. The third-order valence-corrected chi connectivity index (χ3v) is 3.30. The van der Waals surface area contributed by atoms with E-state index < -0.39 is 0 Å². The summed E-state index contributed by atoms with van der Waals surface area (Å²) in [6, 6.07) is 8.17. The van der Waals surface area contributed by atoms with Crippen LogP contribution in [0.1, 0.15) is 11.1 Å². The first-order valence-electron chi connectivity index (χ1n) is 6.03. The van der Waals surface area contributed by atoms with Crippen LogP contribution >= 0.6 is 15.9 Å². The zero-order valence-electron chi connectivity index (χ0n) is 10.9. The van der Waals surface area contributed by atoms with Crippen molar-refractivity contribution in [3.05, 3.63) is 57.9 Å². The van der Waals surface area contributed by atoms with E-state index in [1.165, 1.54) is 13.2 Å². The fourth-order valence-corrected chi connectivity index (χ4v) is 2.14. The number of carbonyl (C=O) groups excluding carboxylic acids is 1. The summed E-state index contributed by atoms with van der Waals surface area (Å²) in [6.07, 6.45) is 1.90. The van der Waals surface area contributed by atoms with Gasteiger partial charge in [0, 0.05) is 29.6 Å². The zero-order valence-corrected chi connectivity index (χ0v) is 12.5. The Bertz CT molecular complexity index is 614. The number of ether oxygens (including phenoxy) is 1. The van der Waals surface area contributed by atoms with Crippen molar-refractivity contribution in [3.63, 3.8) is 0 Å². The van der Waals surface area contributed by atoms with Crippen molar-refractivity contribution in [2.24, 2.45) is 0 Å². The Balaban J connectivity index is 2.01. The van der Waals surface area contributed by atoms with E-state index in [4.69, 9.17) is 4.74 Å². The van der Waals surface area contributed by atoms with Gasteiger partial charge in [0.25, 0.3) is 0 Å². The maximum atomic E-state index is 13.6. The lowest BCUT2D eigenvalue weighted by Gasteiger charge is -2.04. The van der Waals surface area contributed by atoms with E-state index in [1.54, 1.807) is 30.5 Å². The standard InChI is InChI=1S/C15H13BrFNO2/c1-20-15-5-2-10(9-18-15)6-13(19)7-11-3-4-12(16)8-14(11)17/h2-5,8-9H,6-7H2,1H3. The maximum absolute atomic E-state index is 13.6. The Morgan fingerprint density at radius 2 is 2.10 bits per heavy atom. The average molecular weight is 338 g/mol. The number of Topliss-reactive ketones (excluding diaryl/α,β-unsaturated/α-hetero) is 1. The first-order chi connectivity index (χ1) is 9.58. The highest BCUT2D eigenvalue weighted by molar-refractivity contribution is 9.10. The van der Waals surface area contributed by atoms with Crippen molar-refractivity contribution in [1.29, 1.82) is 0 Å². The SMILES string of the molecule is COc1ccc(CC(=O)Cc2ccc(Br)cc2F)cn1. The molecular formula is C15H13BrFNO2. The van der Waals surface area contributed by atoms with Crippen molar-refractivity contribution in [2.45, 2.75) is 12.8 Å². The summed E-state index contributed by atoms with van der Waals surface area (Å²) in [5, 5.41) is 0. The van der Waals surface area contributed by atoms with Crippen LogP contribution in [0.3, 0.4) is 0 Å². The highest BCUT2D eigenvalue weighted by Gasteiger charge is 2.10. The number of methoxy groups -OCH3 is 1. The summed E-state index contributed by atoms with van der Waals surface area (Å²) in [7, 11) is 1.53. The molecule has 0 aliphatic rings. The lowest BCUT2D eigenvalue weighted by Crippen LogP contribution is -2.08. The normalized spacial score (nSPS) is 10.3. The third-order valence-electron chi connectivity index (χ3n) is 2.81. The van der Waals surface area contributed by atoms with Crippen LogP contribution in [0.15, 0.2) is 41.0 Å². The molecule has 0 amide bonds. The van der Waals surface area contributed by atoms with Crippen molar-refractivity contribution < 1.29 is 13.9 Å². The lowest BCUT2D eigenvalue weighted by molar-refractivity contribution is -0.117. The first kappa shape index (κ1) is 14.7. The summed E-state index contributed by atoms with van der Waals surface area (Å²) in [6.45, 7) is 0. The van der Waals surface area contributed by atoms with E-state index in [2.05, 4.69) is 20.9 Å².